The Kier molecular flexibility index (Phi) is 4.65. The van der Waals surface area contributed by atoms with E-state index in [-0.39, 0.29) is 18.2 Å². The molecular weight excluding hydrogens is 400 g/mol. The monoisotopic (exact) mass is 424 g/mol. The normalized spacial score (nSPS) is 20.4. The fourth-order valence-electron chi connectivity index (χ4n) is 4.73. The van der Waals surface area contributed by atoms with Crippen LogP contribution in [0.1, 0.15) is 34.9 Å². The molecule has 3 aromatic carbocycles. The van der Waals surface area contributed by atoms with Crippen molar-refractivity contribution >= 4 is 22.6 Å². The van der Waals surface area contributed by atoms with Gasteiger partial charge in [0.1, 0.15) is 12.5 Å². The Balaban J connectivity index is 1.35. The van der Waals surface area contributed by atoms with Gasteiger partial charge in [-0.3, -0.25) is 9.36 Å². The molecule has 0 bridgehead atoms. The molecule has 1 aromatic heterocycles. The Bertz CT molecular complexity index is 1270. The Hall–Kier alpha value is -3.64. The van der Waals surface area contributed by atoms with Gasteiger partial charge < -0.3 is 15.0 Å². The van der Waals surface area contributed by atoms with Crippen LogP contribution in [0.2, 0.25) is 0 Å². The Morgan fingerprint density at radius 1 is 1.00 bits per heavy atom. The third kappa shape index (κ3) is 3.24. The van der Waals surface area contributed by atoms with Crippen molar-refractivity contribution in [2.75, 3.05) is 18.5 Å². The summed E-state index contributed by atoms with van der Waals surface area (Å²) in [7, 11) is 0. The van der Waals surface area contributed by atoms with Gasteiger partial charge in [0.05, 0.1) is 22.7 Å². The molecule has 0 unspecified atom stereocenters. The first-order chi connectivity index (χ1) is 15.8. The number of ether oxygens (including phenoxy) is 1. The first kappa shape index (κ1) is 19.1. The quantitative estimate of drug-likeness (QED) is 0.513. The van der Waals surface area contributed by atoms with Gasteiger partial charge in [-0.15, -0.1) is 0 Å². The summed E-state index contributed by atoms with van der Waals surface area (Å²) in [6, 6.07) is 24.2. The molecule has 1 saturated heterocycles. The molecule has 6 rings (SSSR count). The summed E-state index contributed by atoms with van der Waals surface area (Å²) in [6.45, 7) is 1.35. The number of amides is 1. The second-order valence-electron chi connectivity index (χ2n) is 8.38. The fraction of sp³-hybridized carbons (Fsp3) is 0.231. The standard InChI is InChI=1S/C26H24N4O2/c31-26-21-7-1-2-8-22(21)28-25(29(26)16-20-6-5-15-32-20)18-11-13-19(14-12-18)30-17-27-23-9-3-4-10-24(23)30/h1-4,7-14,17,20,25,28H,5-6,15-16H2/t20-,25+/m1/s1. The van der Waals surface area contributed by atoms with Crippen molar-refractivity contribution in [3.05, 3.63) is 90.3 Å². The van der Waals surface area contributed by atoms with E-state index in [2.05, 4.69) is 45.2 Å². The van der Waals surface area contributed by atoms with Gasteiger partial charge >= 0.3 is 0 Å². The van der Waals surface area contributed by atoms with E-state index < -0.39 is 0 Å². The molecule has 160 valence electrons. The maximum atomic E-state index is 13.4. The molecule has 6 nitrogen and oxygen atoms in total. The van der Waals surface area contributed by atoms with Crippen molar-refractivity contribution in [2.45, 2.75) is 25.1 Å². The van der Waals surface area contributed by atoms with E-state index >= 15 is 0 Å². The molecule has 2 aliphatic rings. The number of benzene rings is 3. The lowest BCUT2D eigenvalue weighted by Crippen LogP contribution is -2.46. The maximum Gasteiger partial charge on any atom is 0.257 e. The average molecular weight is 425 g/mol. The van der Waals surface area contributed by atoms with Crippen LogP contribution in [-0.4, -0.2) is 39.6 Å². The number of aromatic nitrogens is 2. The number of carbonyl (C=O) groups excluding carboxylic acids is 1. The Morgan fingerprint density at radius 2 is 1.81 bits per heavy atom. The summed E-state index contributed by atoms with van der Waals surface area (Å²) in [4.78, 5) is 19.8. The van der Waals surface area contributed by atoms with Crippen molar-refractivity contribution in [1.82, 2.24) is 14.5 Å². The molecule has 4 aromatic rings. The summed E-state index contributed by atoms with van der Waals surface area (Å²) >= 11 is 0. The molecule has 6 heteroatoms. The minimum Gasteiger partial charge on any atom is -0.376 e. The van der Waals surface area contributed by atoms with Crippen LogP contribution in [0, 0.1) is 0 Å². The van der Waals surface area contributed by atoms with E-state index in [9.17, 15) is 4.79 Å². The zero-order valence-electron chi connectivity index (χ0n) is 17.6. The smallest absolute Gasteiger partial charge is 0.257 e. The summed E-state index contributed by atoms with van der Waals surface area (Å²) < 4.78 is 7.93. The molecule has 3 heterocycles. The first-order valence-corrected chi connectivity index (χ1v) is 11.1. The minimum atomic E-state index is -0.241. The lowest BCUT2D eigenvalue weighted by Gasteiger charge is -2.39. The van der Waals surface area contributed by atoms with Crippen LogP contribution in [0.25, 0.3) is 16.7 Å². The van der Waals surface area contributed by atoms with Gasteiger partial charge in [-0.05, 0) is 54.8 Å². The second-order valence-corrected chi connectivity index (χ2v) is 8.38. The van der Waals surface area contributed by atoms with Crippen molar-refractivity contribution in [3.8, 4) is 5.69 Å². The number of hydrogen-bond donors (Lipinski definition) is 1. The summed E-state index contributed by atoms with van der Waals surface area (Å²) in [5.41, 5.74) is 5.70. The first-order valence-electron chi connectivity index (χ1n) is 11.1. The molecule has 0 radical (unpaired) electrons. The van der Waals surface area contributed by atoms with Crippen LogP contribution in [0.5, 0.6) is 0 Å². The molecule has 32 heavy (non-hydrogen) atoms. The van der Waals surface area contributed by atoms with Gasteiger partial charge in [-0.25, -0.2) is 4.98 Å². The SMILES string of the molecule is O=C1c2ccccc2N[C@H](c2ccc(-n3cnc4ccccc43)cc2)N1C[C@H]1CCCO1. The third-order valence-corrected chi connectivity index (χ3v) is 6.39. The van der Waals surface area contributed by atoms with Crippen molar-refractivity contribution in [2.24, 2.45) is 0 Å². The van der Waals surface area contributed by atoms with Gasteiger partial charge in [-0.2, -0.15) is 0 Å². The molecule has 0 spiro atoms. The molecule has 1 N–H and O–H groups in total. The number of imidazole rings is 1. The van der Waals surface area contributed by atoms with Gasteiger partial charge in [0.15, 0.2) is 0 Å². The van der Waals surface area contributed by atoms with E-state index in [1.54, 1.807) is 0 Å². The molecule has 2 aliphatic heterocycles. The number of nitrogens with one attached hydrogen (secondary N) is 1. The number of para-hydroxylation sites is 3. The maximum absolute atomic E-state index is 13.4. The van der Waals surface area contributed by atoms with Gasteiger partial charge in [0.25, 0.3) is 5.91 Å². The Morgan fingerprint density at radius 3 is 2.66 bits per heavy atom. The van der Waals surface area contributed by atoms with Crippen molar-refractivity contribution < 1.29 is 9.53 Å². The van der Waals surface area contributed by atoms with E-state index in [0.717, 1.165) is 47.4 Å². The largest absolute Gasteiger partial charge is 0.376 e. The predicted molar refractivity (Wildman–Crippen MR) is 124 cm³/mol. The van der Waals surface area contributed by atoms with Gasteiger partial charge in [0, 0.05) is 24.5 Å². The van der Waals surface area contributed by atoms with Crippen LogP contribution in [0.3, 0.4) is 0 Å². The van der Waals surface area contributed by atoms with E-state index in [1.165, 1.54) is 0 Å². The van der Waals surface area contributed by atoms with Crippen LogP contribution in [-0.2, 0) is 4.74 Å². The second kappa shape index (κ2) is 7.80. The summed E-state index contributed by atoms with van der Waals surface area (Å²) in [5, 5.41) is 3.58. The molecular formula is C26H24N4O2. The van der Waals surface area contributed by atoms with Gasteiger partial charge in [0.2, 0.25) is 0 Å². The van der Waals surface area contributed by atoms with Crippen LogP contribution in [0.4, 0.5) is 5.69 Å². The number of rotatable bonds is 4. The summed E-state index contributed by atoms with van der Waals surface area (Å²) in [5.74, 6) is 0.0459. The zero-order valence-corrected chi connectivity index (χ0v) is 17.6. The average Bonchev–Trinajstić information content (AvgIpc) is 3.51. The van der Waals surface area contributed by atoms with Crippen molar-refractivity contribution in [1.29, 1.82) is 0 Å². The number of carbonyl (C=O) groups is 1. The topological polar surface area (TPSA) is 59.4 Å². The van der Waals surface area contributed by atoms with Crippen LogP contribution < -0.4 is 5.32 Å². The van der Waals surface area contributed by atoms with Crippen LogP contribution in [0.15, 0.2) is 79.1 Å². The lowest BCUT2D eigenvalue weighted by molar-refractivity contribution is 0.0427. The minimum absolute atomic E-state index is 0.0459. The number of nitrogens with zero attached hydrogens (tertiary/aromatic N) is 3. The number of fused-ring (bicyclic) bond motifs is 2. The molecule has 1 fully saturated rings. The predicted octanol–water partition coefficient (Wildman–Crippen LogP) is 4.77. The highest BCUT2D eigenvalue weighted by Gasteiger charge is 2.35. The van der Waals surface area contributed by atoms with E-state index in [4.69, 9.17) is 4.74 Å². The zero-order chi connectivity index (χ0) is 21.5. The third-order valence-electron chi connectivity index (χ3n) is 6.39. The lowest BCUT2D eigenvalue weighted by atomic mass is 10.0. The molecule has 2 atom stereocenters. The molecule has 1 amide bonds. The molecule has 0 saturated carbocycles. The van der Waals surface area contributed by atoms with E-state index in [0.29, 0.717) is 12.1 Å². The highest BCUT2D eigenvalue weighted by molar-refractivity contribution is 6.01. The highest BCUT2D eigenvalue weighted by Crippen LogP contribution is 2.34. The molecule has 0 aliphatic carbocycles. The van der Waals surface area contributed by atoms with Gasteiger partial charge in [-0.1, -0.05) is 36.4 Å². The fourth-order valence-corrected chi connectivity index (χ4v) is 4.73. The number of anilines is 1. The van der Waals surface area contributed by atoms with E-state index in [1.807, 2.05) is 53.7 Å². The Labute approximate surface area is 186 Å². The van der Waals surface area contributed by atoms with Crippen molar-refractivity contribution in [3.63, 3.8) is 0 Å². The number of hydrogen-bond acceptors (Lipinski definition) is 4. The summed E-state index contributed by atoms with van der Waals surface area (Å²) in [6.07, 6.45) is 3.74. The van der Waals surface area contributed by atoms with Crippen LogP contribution >= 0.6 is 0 Å². The highest BCUT2D eigenvalue weighted by atomic mass is 16.5.